The molecule has 31 heavy (non-hydrogen) atoms. The normalized spacial score (nSPS) is 18.5. The summed E-state index contributed by atoms with van der Waals surface area (Å²) in [4.78, 5) is 6.15. The van der Waals surface area contributed by atoms with Gasteiger partial charge in [0.2, 0.25) is 0 Å². The van der Waals surface area contributed by atoms with E-state index < -0.39 is 0 Å². The van der Waals surface area contributed by atoms with E-state index in [0.717, 1.165) is 0 Å². The van der Waals surface area contributed by atoms with Crippen LogP contribution >= 0.6 is 0 Å². The maximum Gasteiger partial charge on any atom is 0.0635 e. The molecular formula is C29H23N2. The first-order valence-corrected chi connectivity index (χ1v) is 10.4. The summed E-state index contributed by atoms with van der Waals surface area (Å²) in [6, 6.07) is 4.11. The van der Waals surface area contributed by atoms with Crippen molar-refractivity contribution in [3.63, 3.8) is 0 Å². The number of allylic oxidation sites excluding steroid dienone is 18. The van der Waals surface area contributed by atoms with Crippen LogP contribution in [-0.4, -0.2) is 9.97 Å². The zero-order valence-corrected chi connectivity index (χ0v) is 17.1. The van der Waals surface area contributed by atoms with Crippen LogP contribution in [0.3, 0.4) is 0 Å². The van der Waals surface area contributed by atoms with Crippen molar-refractivity contribution < 1.29 is 0 Å². The minimum Gasteiger partial charge on any atom is -0.367 e. The van der Waals surface area contributed by atoms with Crippen LogP contribution in [0.2, 0.25) is 0 Å². The molecular weight excluding hydrogens is 376 g/mol. The molecule has 0 unspecified atom stereocenters. The lowest BCUT2D eigenvalue weighted by molar-refractivity contribution is 1.15. The summed E-state index contributed by atoms with van der Waals surface area (Å²) in [5, 5.41) is 0. The Hall–Kier alpha value is -4.04. The number of nitrogens with one attached hydrogen (secondary N) is 2. The lowest BCUT2D eigenvalue weighted by Gasteiger charge is -2.31. The molecule has 2 aromatic rings. The van der Waals surface area contributed by atoms with Gasteiger partial charge in [-0.1, -0.05) is 85.1 Å². The molecule has 0 fully saturated rings. The third kappa shape index (κ3) is 4.29. The van der Waals surface area contributed by atoms with Crippen molar-refractivity contribution in [2.75, 3.05) is 0 Å². The first-order valence-electron chi connectivity index (χ1n) is 10.4. The SMILES string of the molecule is C1=CC2=CC=C(/C=C/C=C/c3cc[nH]c3)C3=CC(/C=C/C=C/c4cc[nH]c4)=CC(=C1)[C]23. The van der Waals surface area contributed by atoms with Crippen molar-refractivity contribution in [1.82, 2.24) is 9.97 Å². The van der Waals surface area contributed by atoms with E-state index in [9.17, 15) is 0 Å². The molecule has 2 nitrogen and oxygen atoms in total. The van der Waals surface area contributed by atoms with E-state index in [4.69, 9.17) is 0 Å². The molecule has 2 heterocycles. The van der Waals surface area contributed by atoms with Crippen molar-refractivity contribution >= 4 is 12.2 Å². The quantitative estimate of drug-likeness (QED) is 0.491. The van der Waals surface area contributed by atoms with Gasteiger partial charge in [-0.25, -0.2) is 0 Å². The first-order chi connectivity index (χ1) is 15.4. The fraction of sp³-hybridized carbons (Fsp3) is 0. The monoisotopic (exact) mass is 399 g/mol. The molecule has 2 N–H and O–H groups in total. The second-order valence-corrected chi connectivity index (χ2v) is 7.53. The van der Waals surface area contributed by atoms with E-state index in [2.05, 4.69) is 113 Å². The molecule has 5 rings (SSSR count). The molecule has 0 aliphatic heterocycles. The standard InChI is InChI=1S/C29H23N2/c1(6-22-14-16-30-20-22)2-8-24-18-27-11-5-10-26-13-12-25(28(19-24)29(26)27)9-4-3-7-23-15-17-31-21-23/h1-21,30-31H/b6-1+,7-3+,8-2+,9-4+. The molecule has 3 aliphatic carbocycles. The molecule has 0 bridgehead atoms. The van der Waals surface area contributed by atoms with E-state index in [-0.39, 0.29) is 0 Å². The lowest BCUT2D eigenvalue weighted by atomic mass is 9.72. The first kappa shape index (κ1) is 19.0. The Balaban J connectivity index is 1.39. The summed E-state index contributed by atoms with van der Waals surface area (Å²) in [6.07, 6.45) is 40.2. The summed E-state index contributed by atoms with van der Waals surface area (Å²) < 4.78 is 0. The van der Waals surface area contributed by atoms with E-state index in [1.54, 1.807) is 0 Å². The zero-order valence-electron chi connectivity index (χ0n) is 17.1. The van der Waals surface area contributed by atoms with E-state index >= 15 is 0 Å². The van der Waals surface area contributed by atoms with Crippen molar-refractivity contribution in [3.8, 4) is 0 Å². The van der Waals surface area contributed by atoms with Gasteiger partial charge >= 0.3 is 0 Å². The van der Waals surface area contributed by atoms with Gasteiger partial charge in [0.15, 0.2) is 0 Å². The number of H-pyrrole nitrogens is 2. The van der Waals surface area contributed by atoms with E-state index in [1.807, 2.05) is 24.8 Å². The summed E-state index contributed by atoms with van der Waals surface area (Å²) in [6.45, 7) is 0. The van der Waals surface area contributed by atoms with Gasteiger partial charge in [0.1, 0.15) is 0 Å². The number of hydrogen-bond donors (Lipinski definition) is 2. The smallest absolute Gasteiger partial charge is 0.0635 e. The van der Waals surface area contributed by atoms with Crippen LogP contribution in [0.4, 0.5) is 0 Å². The molecule has 2 heteroatoms. The van der Waals surface area contributed by atoms with Gasteiger partial charge in [0.25, 0.3) is 0 Å². The third-order valence-electron chi connectivity index (χ3n) is 5.39. The largest absolute Gasteiger partial charge is 0.367 e. The van der Waals surface area contributed by atoms with Gasteiger partial charge in [0, 0.05) is 24.8 Å². The molecule has 0 saturated carbocycles. The summed E-state index contributed by atoms with van der Waals surface area (Å²) in [5.74, 6) is 1.32. The Labute approximate surface area is 183 Å². The minimum atomic E-state index is 1.17. The Morgan fingerprint density at radius 3 is 2.06 bits per heavy atom. The second-order valence-electron chi connectivity index (χ2n) is 7.53. The van der Waals surface area contributed by atoms with Crippen LogP contribution in [0.5, 0.6) is 0 Å². The molecule has 149 valence electrons. The Morgan fingerprint density at radius 2 is 1.35 bits per heavy atom. The predicted octanol–water partition coefficient (Wildman–Crippen LogP) is 6.99. The van der Waals surface area contributed by atoms with Crippen molar-refractivity contribution in [3.05, 3.63) is 161 Å². The van der Waals surface area contributed by atoms with Crippen LogP contribution in [0, 0.1) is 5.92 Å². The highest BCUT2D eigenvalue weighted by atomic mass is 14.6. The molecule has 2 aromatic heterocycles. The highest BCUT2D eigenvalue weighted by Gasteiger charge is 2.29. The van der Waals surface area contributed by atoms with E-state index in [0.29, 0.717) is 0 Å². The molecule has 0 spiro atoms. The van der Waals surface area contributed by atoms with Gasteiger partial charge in [0.05, 0.1) is 5.92 Å². The van der Waals surface area contributed by atoms with Crippen LogP contribution in [0.1, 0.15) is 11.1 Å². The average molecular weight is 400 g/mol. The van der Waals surface area contributed by atoms with Gasteiger partial charge in [-0.3, -0.25) is 0 Å². The summed E-state index contributed by atoms with van der Waals surface area (Å²) in [7, 11) is 0. The number of aromatic amines is 2. The van der Waals surface area contributed by atoms with Gasteiger partial charge in [-0.05, 0) is 57.2 Å². The third-order valence-corrected chi connectivity index (χ3v) is 5.39. The molecule has 0 atom stereocenters. The molecule has 0 amide bonds. The topological polar surface area (TPSA) is 31.6 Å². The minimum absolute atomic E-state index is 1.17. The number of rotatable bonds is 6. The zero-order chi connectivity index (χ0) is 20.9. The van der Waals surface area contributed by atoms with E-state index in [1.165, 1.54) is 44.9 Å². The Bertz CT molecular complexity index is 1240. The fourth-order valence-electron chi connectivity index (χ4n) is 3.90. The second kappa shape index (κ2) is 8.76. The van der Waals surface area contributed by atoms with Crippen LogP contribution in [-0.2, 0) is 0 Å². The molecule has 0 aromatic carbocycles. The van der Waals surface area contributed by atoms with Crippen LogP contribution < -0.4 is 0 Å². The molecule has 1 radical (unpaired) electrons. The van der Waals surface area contributed by atoms with Crippen molar-refractivity contribution in [2.45, 2.75) is 0 Å². The van der Waals surface area contributed by atoms with Crippen molar-refractivity contribution in [2.24, 2.45) is 0 Å². The predicted molar refractivity (Wildman–Crippen MR) is 131 cm³/mol. The van der Waals surface area contributed by atoms with Crippen LogP contribution in [0.25, 0.3) is 12.2 Å². The van der Waals surface area contributed by atoms with Crippen LogP contribution in [0.15, 0.2) is 144 Å². The van der Waals surface area contributed by atoms with Crippen molar-refractivity contribution in [1.29, 1.82) is 0 Å². The maximum atomic E-state index is 3.07. The average Bonchev–Trinajstić information content (AvgIpc) is 3.50. The lowest BCUT2D eigenvalue weighted by Crippen LogP contribution is -2.16. The number of hydrogen-bond acceptors (Lipinski definition) is 0. The van der Waals surface area contributed by atoms with Gasteiger partial charge < -0.3 is 9.97 Å². The van der Waals surface area contributed by atoms with Gasteiger partial charge in [-0.15, -0.1) is 0 Å². The Morgan fingerprint density at radius 1 is 0.645 bits per heavy atom. The molecule has 0 saturated heterocycles. The summed E-state index contributed by atoms with van der Waals surface area (Å²) >= 11 is 0. The van der Waals surface area contributed by atoms with Gasteiger partial charge in [-0.2, -0.15) is 0 Å². The number of aromatic nitrogens is 2. The highest BCUT2D eigenvalue weighted by Crippen LogP contribution is 2.45. The maximum absolute atomic E-state index is 3.07. The highest BCUT2D eigenvalue weighted by molar-refractivity contribution is 5.77. The Kier molecular flexibility index (Phi) is 5.36. The molecule has 3 aliphatic rings. The fourth-order valence-corrected chi connectivity index (χ4v) is 3.90. The summed E-state index contributed by atoms with van der Waals surface area (Å²) in [5.41, 5.74) is 8.57.